The number of benzene rings is 1. The number of amides is 1. The first-order valence-electron chi connectivity index (χ1n) is 13.2. The third-order valence-electron chi connectivity index (χ3n) is 7.85. The second-order valence-electron chi connectivity index (χ2n) is 10.3. The highest BCUT2D eigenvalue weighted by Gasteiger charge is 2.25. The van der Waals surface area contributed by atoms with E-state index in [1.54, 1.807) is 6.20 Å². The molecule has 8 heteroatoms. The SMILES string of the molecule is O=C(Nc1cncc(-c2ccc3[nH]nc(-c4cc5c(N6CCCCC6)cncc5[nH]4)c3c2)c1)C1CCC1. The van der Waals surface area contributed by atoms with Crippen LogP contribution in [-0.2, 0) is 4.79 Å². The molecule has 0 unspecified atom stereocenters. The van der Waals surface area contributed by atoms with Crippen LogP contribution in [0.3, 0.4) is 0 Å². The lowest BCUT2D eigenvalue weighted by molar-refractivity contribution is -0.122. The van der Waals surface area contributed by atoms with Gasteiger partial charge in [0.25, 0.3) is 0 Å². The number of hydrogen-bond acceptors (Lipinski definition) is 5. The molecule has 37 heavy (non-hydrogen) atoms. The number of nitrogens with zero attached hydrogens (tertiary/aromatic N) is 4. The van der Waals surface area contributed by atoms with Gasteiger partial charge in [-0.2, -0.15) is 5.10 Å². The van der Waals surface area contributed by atoms with Crippen molar-refractivity contribution in [2.24, 2.45) is 5.92 Å². The van der Waals surface area contributed by atoms with E-state index in [9.17, 15) is 4.79 Å². The largest absolute Gasteiger partial charge is 0.370 e. The van der Waals surface area contributed by atoms with Crippen molar-refractivity contribution in [3.8, 4) is 22.5 Å². The first-order valence-corrected chi connectivity index (χ1v) is 13.2. The van der Waals surface area contributed by atoms with Crippen LogP contribution in [0.1, 0.15) is 38.5 Å². The summed E-state index contributed by atoms with van der Waals surface area (Å²) in [4.78, 5) is 27.3. The predicted octanol–water partition coefficient (Wildman–Crippen LogP) is 5.90. The molecule has 186 valence electrons. The summed E-state index contributed by atoms with van der Waals surface area (Å²) >= 11 is 0. The van der Waals surface area contributed by atoms with Gasteiger partial charge in [-0.1, -0.05) is 12.5 Å². The molecule has 4 aromatic heterocycles. The van der Waals surface area contributed by atoms with Gasteiger partial charge >= 0.3 is 0 Å². The molecule has 0 radical (unpaired) electrons. The second kappa shape index (κ2) is 9.03. The highest BCUT2D eigenvalue weighted by molar-refractivity contribution is 6.00. The highest BCUT2D eigenvalue weighted by atomic mass is 16.1. The molecule has 8 nitrogen and oxygen atoms in total. The van der Waals surface area contributed by atoms with Gasteiger partial charge in [-0.25, -0.2) is 0 Å². The van der Waals surface area contributed by atoms with Crippen LogP contribution in [0.25, 0.3) is 44.3 Å². The molecular formula is C29H29N7O. The molecule has 0 spiro atoms. The van der Waals surface area contributed by atoms with Crippen LogP contribution in [-0.4, -0.2) is 44.1 Å². The van der Waals surface area contributed by atoms with Crippen LogP contribution in [0, 0.1) is 5.92 Å². The van der Waals surface area contributed by atoms with Gasteiger partial charge in [-0.05, 0) is 61.9 Å². The number of carbonyl (C=O) groups excluding carboxylic acids is 1. The van der Waals surface area contributed by atoms with Gasteiger partial charge < -0.3 is 15.2 Å². The predicted molar refractivity (Wildman–Crippen MR) is 146 cm³/mol. The van der Waals surface area contributed by atoms with Gasteiger partial charge in [0.05, 0.1) is 46.7 Å². The zero-order chi connectivity index (χ0) is 24.8. The number of aromatic amines is 2. The van der Waals surface area contributed by atoms with Crippen molar-refractivity contribution < 1.29 is 4.79 Å². The Balaban J connectivity index is 1.23. The van der Waals surface area contributed by atoms with E-state index in [1.165, 1.54) is 30.3 Å². The quantitative estimate of drug-likeness (QED) is 0.284. The Bertz CT molecular complexity index is 1610. The zero-order valence-corrected chi connectivity index (χ0v) is 20.6. The minimum Gasteiger partial charge on any atom is -0.370 e. The Hall–Kier alpha value is -4.20. The topological polar surface area (TPSA) is 103 Å². The summed E-state index contributed by atoms with van der Waals surface area (Å²) in [6, 6.07) is 10.4. The molecule has 7 rings (SSSR count). The lowest BCUT2D eigenvalue weighted by Gasteiger charge is -2.28. The molecule has 2 fully saturated rings. The van der Waals surface area contributed by atoms with E-state index in [1.807, 2.05) is 30.7 Å². The summed E-state index contributed by atoms with van der Waals surface area (Å²) in [5.74, 6) is 0.227. The molecule has 3 N–H and O–H groups in total. The molecular weight excluding hydrogens is 462 g/mol. The van der Waals surface area contributed by atoms with E-state index in [-0.39, 0.29) is 11.8 Å². The fourth-order valence-electron chi connectivity index (χ4n) is 5.53. The molecule has 5 heterocycles. The number of nitrogens with one attached hydrogen (secondary N) is 3. The van der Waals surface area contributed by atoms with E-state index >= 15 is 0 Å². The van der Waals surface area contributed by atoms with Gasteiger partial charge in [0, 0.05) is 41.5 Å². The molecule has 1 saturated heterocycles. The maximum Gasteiger partial charge on any atom is 0.227 e. The van der Waals surface area contributed by atoms with Crippen LogP contribution >= 0.6 is 0 Å². The summed E-state index contributed by atoms with van der Waals surface area (Å²) in [6.07, 6.45) is 14.2. The molecule has 1 aliphatic heterocycles. The smallest absolute Gasteiger partial charge is 0.227 e. The van der Waals surface area contributed by atoms with Gasteiger partial charge in [0.2, 0.25) is 5.91 Å². The minimum atomic E-state index is 0.0926. The number of piperidine rings is 1. The summed E-state index contributed by atoms with van der Waals surface area (Å²) in [5, 5.41) is 13.1. The van der Waals surface area contributed by atoms with E-state index in [0.717, 1.165) is 77.0 Å². The number of carbonyl (C=O) groups is 1. The number of pyridine rings is 2. The van der Waals surface area contributed by atoms with Crippen molar-refractivity contribution in [1.29, 1.82) is 0 Å². The number of hydrogen-bond donors (Lipinski definition) is 3. The van der Waals surface area contributed by atoms with E-state index < -0.39 is 0 Å². The Labute approximate surface area is 214 Å². The molecule has 0 atom stereocenters. The fraction of sp³-hybridized carbons (Fsp3) is 0.310. The molecule has 5 aromatic rings. The van der Waals surface area contributed by atoms with Gasteiger partial charge in [-0.15, -0.1) is 0 Å². The monoisotopic (exact) mass is 491 g/mol. The summed E-state index contributed by atoms with van der Waals surface area (Å²) in [6.45, 7) is 2.15. The van der Waals surface area contributed by atoms with Gasteiger partial charge in [0.15, 0.2) is 0 Å². The normalized spacial score (nSPS) is 16.3. The Morgan fingerprint density at radius 1 is 0.865 bits per heavy atom. The minimum absolute atomic E-state index is 0.0926. The van der Waals surface area contributed by atoms with Crippen LogP contribution < -0.4 is 10.2 Å². The van der Waals surface area contributed by atoms with Crippen LogP contribution in [0.15, 0.2) is 55.1 Å². The third kappa shape index (κ3) is 4.02. The van der Waals surface area contributed by atoms with Crippen LogP contribution in [0.2, 0.25) is 0 Å². The molecule has 1 saturated carbocycles. The third-order valence-corrected chi connectivity index (χ3v) is 7.85. The van der Waals surface area contributed by atoms with Gasteiger partial charge in [-0.3, -0.25) is 19.9 Å². The number of fused-ring (bicyclic) bond motifs is 2. The maximum atomic E-state index is 12.4. The Kier molecular flexibility index (Phi) is 5.38. The lowest BCUT2D eigenvalue weighted by atomic mass is 9.85. The lowest BCUT2D eigenvalue weighted by Crippen LogP contribution is -2.29. The standard InChI is InChI=1S/C29H29N7O/c37-29(18-5-4-6-18)32-21-11-20(14-30-15-21)19-7-8-24-23(12-19)28(35-34-24)25-13-22-26(33-25)16-31-17-27(22)36-9-2-1-3-10-36/h7-8,11-18,33H,1-6,9-10H2,(H,32,37)(H,34,35). The second-order valence-corrected chi connectivity index (χ2v) is 10.3. The van der Waals surface area contributed by atoms with Gasteiger partial charge in [0.1, 0.15) is 5.69 Å². The van der Waals surface area contributed by atoms with E-state index in [2.05, 4.69) is 53.6 Å². The van der Waals surface area contributed by atoms with Crippen molar-refractivity contribution >= 4 is 39.1 Å². The Morgan fingerprint density at radius 3 is 2.57 bits per heavy atom. The van der Waals surface area contributed by atoms with E-state index in [4.69, 9.17) is 0 Å². The molecule has 1 aliphatic carbocycles. The number of aromatic nitrogens is 5. The molecule has 2 aliphatic rings. The van der Waals surface area contributed by atoms with Crippen LogP contribution in [0.5, 0.6) is 0 Å². The fourth-order valence-corrected chi connectivity index (χ4v) is 5.53. The summed E-state index contributed by atoms with van der Waals surface area (Å²) in [5.41, 5.74) is 7.72. The average Bonchev–Trinajstić information content (AvgIpc) is 3.52. The van der Waals surface area contributed by atoms with Crippen molar-refractivity contribution in [3.05, 3.63) is 55.1 Å². The number of H-pyrrole nitrogens is 2. The first-order chi connectivity index (χ1) is 18.2. The van der Waals surface area contributed by atoms with E-state index in [0.29, 0.717) is 0 Å². The van der Waals surface area contributed by atoms with Crippen LogP contribution in [0.4, 0.5) is 11.4 Å². The first kappa shape index (κ1) is 22.0. The van der Waals surface area contributed by atoms with Crippen molar-refractivity contribution in [2.75, 3.05) is 23.3 Å². The molecule has 1 amide bonds. The summed E-state index contributed by atoms with van der Waals surface area (Å²) in [7, 11) is 0. The highest BCUT2D eigenvalue weighted by Crippen LogP contribution is 2.35. The zero-order valence-electron chi connectivity index (χ0n) is 20.6. The van der Waals surface area contributed by atoms with Crippen molar-refractivity contribution in [2.45, 2.75) is 38.5 Å². The number of anilines is 2. The summed E-state index contributed by atoms with van der Waals surface area (Å²) < 4.78 is 0. The van der Waals surface area contributed by atoms with Crippen molar-refractivity contribution in [1.82, 2.24) is 25.1 Å². The number of rotatable bonds is 5. The average molecular weight is 492 g/mol. The Morgan fingerprint density at radius 2 is 1.73 bits per heavy atom. The maximum absolute atomic E-state index is 12.4. The molecule has 1 aromatic carbocycles. The molecule has 0 bridgehead atoms. The van der Waals surface area contributed by atoms with Crippen molar-refractivity contribution in [3.63, 3.8) is 0 Å².